The van der Waals surface area contributed by atoms with E-state index in [-0.39, 0.29) is 18.1 Å². The molecule has 126 valence electrons. The van der Waals surface area contributed by atoms with Gasteiger partial charge in [-0.3, -0.25) is 9.78 Å². The summed E-state index contributed by atoms with van der Waals surface area (Å²) in [6.45, 7) is 3.58. The van der Waals surface area contributed by atoms with Crippen LogP contribution >= 0.6 is 0 Å². The molecule has 0 spiro atoms. The third-order valence-electron chi connectivity index (χ3n) is 3.81. The second kappa shape index (κ2) is 7.90. The molecule has 0 radical (unpaired) electrons. The Morgan fingerprint density at radius 2 is 2.29 bits per heavy atom. The smallest absolute Gasteiger partial charge is 0.244 e. The highest BCUT2D eigenvalue weighted by molar-refractivity contribution is 5.95. The van der Waals surface area contributed by atoms with E-state index in [9.17, 15) is 4.79 Å². The number of morpholine rings is 1. The Kier molecular flexibility index (Phi) is 5.40. The van der Waals surface area contributed by atoms with Crippen LogP contribution in [0.15, 0.2) is 48.7 Å². The zero-order valence-electron chi connectivity index (χ0n) is 13.6. The van der Waals surface area contributed by atoms with Gasteiger partial charge in [0.2, 0.25) is 5.91 Å². The Morgan fingerprint density at radius 1 is 1.38 bits per heavy atom. The number of carbonyl (C=O) groups is 1. The lowest BCUT2D eigenvalue weighted by atomic mass is 10.1. The fourth-order valence-corrected chi connectivity index (χ4v) is 2.55. The fourth-order valence-electron chi connectivity index (χ4n) is 2.55. The number of hydrogen-bond acceptors (Lipinski definition) is 5. The number of amides is 1. The van der Waals surface area contributed by atoms with Gasteiger partial charge in [0.15, 0.2) is 0 Å². The first-order chi connectivity index (χ1) is 11.7. The van der Waals surface area contributed by atoms with Gasteiger partial charge in [0, 0.05) is 24.5 Å². The molecule has 1 saturated heterocycles. The van der Waals surface area contributed by atoms with Crippen molar-refractivity contribution in [1.29, 1.82) is 0 Å². The van der Waals surface area contributed by atoms with Crippen molar-refractivity contribution in [2.24, 2.45) is 0 Å². The third kappa shape index (κ3) is 4.31. The van der Waals surface area contributed by atoms with Gasteiger partial charge in [-0.15, -0.1) is 0 Å². The molecule has 6 heteroatoms. The highest BCUT2D eigenvalue weighted by Crippen LogP contribution is 2.19. The van der Waals surface area contributed by atoms with Crippen LogP contribution in [0.5, 0.6) is 5.75 Å². The first kappa shape index (κ1) is 16.4. The quantitative estimate of drug-likeness (QED) is 0.878. The summed E-state index contributed by atoms with van der Waals surface area (Å²) in [5, 5.41) is 6.08. The van der Waals surface area contributed by atoms with Crippen LogP contribution in [-0.4, -0.2) is 36.2 Å². The van der Waals surface area contributed by atoms with Crippen molar-refractivity contribution < 1.29 is 14.3 Å². The molecule has 2 atom stereocenters. The van der Waals surface area contributed by atoms with Crippen LogP contribution in [0.4, 0.5) is 5.69 Å². The van der Waals surface area contributed by atoms with Crippen LogP contribution in [-0.2, 0) is 16.1 Å². The summed E-state index contributed by atoms with van der Waals surface area (Å²) in [7, 11) is 0. The number of nitrogens with one attached hydrogen (secondary N) is 2. The molecular weight excluding hydrogens is 306 g/mol. The number of anilines is 1. The number of rotatable bonds is 5. The Balaban J connectivity index is 1.59. The topological polar surface area (TPSA) is 72.5 Å². The molecule has 1 aliphatic heterocycles. The predicted molar refractivity (Wildman–Crippen MR) is 90.8 cm³/mol. The summed E-state index contributed by atoms with van der Waals surface area (Å²) < 4.78 is 11.2. The van der Waals surface area contributed by atoms with E-state index in [4.69, 9.17) is 9.47 Å². The van der Waals surface area contributed by atoms with Crippen molar-refractivity contribution >= 4 is 11.6 Å². The molecule has 0 saturated carbocycles. The van der Waals surface area contributed by atoms with Crippen LogP contribution in [0.3, 0.4) is 0 Å². The maximum absolute atomic E-state index is 12.4. The highest BCUT2D eigenvalue weighted by atomic mass is 16.5. The van der Waals surface area contributed by atoms with Crippen molar-refractivity contribution in [2.45, 2.75) is 25.7 Å². The Hall–Kier alpha value is -2.44. The Labute approximate surface area is 141 Å². The molecule has 1 aromatic heterocycles. The van der Waals surface area contributed by atoms with Crippen molar-refractivity contribution in [3.8, 4) is 5.75 Å². The minimum atomic E-state index is -0.350. The van der Waals surface area contributed by atoms with Gasteiger partial charge >= 0.3 is 0 Å². The lowest BCUT2D eigenvalue weighted by molar-refractivity contribution is -0.123. The number of benzene rings is 1. The van der Waals surface area contributed by atoms with Gasteiger partial charge in [-0.2, -0.15) is 0 Å². The fraction of sp³-hybridized carbons (Fsp3) is 0.333. The molecule has 2 N–H and O–H groups in total. The summed E-state index contributed by atoms with van der Waals surface area (Å²) in [5.74, 6) is 0.573. The van der Waals surface area contributed by atoms with Gasteiger partial charge in [-0.05, 0) is 31.2 Å². The minimum Gasteiger partial charge on any atom is -0.487 e. The number of pyridine rings is 1. The van der Waals surface area contributed by atoms with Crippen LogP contribution < -0.4 is 15.4 Å². The zero-order chi connectivity index (χ0) is 16.8. The van der Waals surface area contributed by atoms with Crippen molar-refractivity contribution in [1.82, 2.24) is 10.3 Å². The van der Waals surface area contributed by atoms with Crippen LogP contribution in [0, 0.1) is 0 Å². The maximum Gasteiger partial charge on any atom is 0.244 e. The molecule has 3 rings (SSSR count). The molecule has 2 aromatic rings. The van der Waals surface area contributed by atoms with E-state index in [2.05, 4.69) is 15.6 Å². The first-order valence-corrected chi connectivity index (χ1v) is 8.01. The largest absolute Gasteiger partial charge is 0.487 e. The number of aromatic nitrogens is 1. The van der Waals surface area contributed by atoms with Gasteiger partial charge in [0.25, 0.3) is 0 Å². The molecular formula is C18H21N3O3. The number of hydrogen-bond donors (Lipinski definition) is 2. The number of ether oxygens (including phenoxy) is 2. The lowest BCUT2D eigenvalue weighted by Crippen LogP contribution is -2.53. The summed E-state index contributed by atoms with van der Waals surface area (Å²) in [6, 6.07) is 12.7. The van der Waals surface area contributed by atoms with E-state index in [0.717, 1.165) is 5.69 Å². The Bertz CT molecular complexity index is 678. The summed E-state index contributed by atoms with van der Waals surface area (Å²) in [4.78, 5) is 16.6. The van der Waals surface area contributed by atoms with Gasteiger partial charge in [0.1, 0.15) is 18.4 Å². The third-order valence-corrected chi connectivity index (χ3v) is 3.81. The molecule has 0 aliphatic carbocycles. The zero-order valence-corrected chi connectivity index (χ0v) is 13.6. The van der Waals surface area contributed by atoms with E-state index < -0.39 is 0 Å². The normalized spacial score (nSPS) is 20.4. The summed E-state index contributed by atoms with van der Waals surface area (Å²) in [5.41, 5.74) is 1.54. The van der Waals surface area contributed by atoms with Gasteiger partial charge in [0.05, 0.1) is 18.4 Å². The molecule has 1 aliphatic rings. The Morgan fingerprint density at radius 3 is 3.08 bits per heavy atom. The van der Waals surface area contributed by atoms with Crippen LogP contribution in [0.1, 0.15) is 12.6 Å². The maximum atomic E-state index is 12.4. The second-order valence-corrected chi connectivity index (χ2v) is 5.63. The van der Waals surface area contributed by atoms with Crippen molar-refractivity contribution in [3.05, 3.63) is 54.4 Å². The molecule has 1 aromatic carbocycles. The molecule has 0 bridgehead atoms. The lowest BCUT2D eigenvalue weighted by Gasteiger charge is -2.29. The van der Waals surface area contributed by atoms with E-state index in [0.29, 0.717) is 31.2 Å². The molecule has 2 heterocycles. The monoisotopic (exact) mass is 327 g/mol. The number of carbonyl (C=O) groups excluding carboxylic acids is 1. The second-order valence-electron chi connectivity index (χ2n) is 5.63. The minimum absolute atomic E-state index is 0.107. The molecule has 1 fully saturated rings. The molecule has 6 nitrogen and oxygen atoms in total. The standard InChI is InChI=1S/C18H21N3O3/c1-13-17(20-9-10-23-13)18(22)21-14-6-4-7-16(11-14)24-12-15-5-2-3-8-19-15/h2-8,11,13,17,20H,9-10,12H2,1H3,(H,21,22)/t13-,17+/m1/s1. The van der Waals surface area contributed by atoms with Gasteiger partial charge in [-0.1, -0.05) is 12.1 Å². The average molecular weight is 327 g/mol. The van der Waals surface area contributed by atoms with E-state index in [1.165, 1.54) is 0 Å². The summed E-state index contributed by atoms with van der Waals surface area (Å²) >= 11 is 0. The van der Waals surface area contributed by atoms with Crippen LogP contribution in [0.2, 0.25) is 0 Å². The highest BCUT2D eigenvalue weighted by Gasteiger charge is 2.28. The average Bonchev–Trinajstić information content (AvgIpc) is 2.61. The molecule has 24 heavy (non-hydrogen) atoms. The van der Waals surface area contributed by atoms with E-state index >= 15 is 0 Å². The van der Waals surface area contributed by atoms with Gasteiger partial charge < -0.3 is 20.1 Å². The van der Waals surface area contributed by atoms with E-state index in [1.54, 1.807) is 12.3 Å². The molecule has 0 unspecified atom stereocenters. The van der Waals surface area contributed by atoms with E-state index in [1.807, 2.05) is 43.3 Å². The SMILES string of the molecule is C[C@H]1OCCN[C@@H]1C(=O)Nc1cccc(OCc2ccccn2)c1. The number of nitrogens with zero attached hydrogens (tertiary/aromatic N) is 1. The van der Waals surface area contributed by atoms with Crippen LogP contribution in [0.25, 0.3) is 0 Å². The van der Waals surface area contributed by atoms with Crippen molar-refractivity contribution in [2.75, 3.05) is 18.5 Å². The van der Waals surface area contributed by atoms with Crippen molar-refractivity contribution in [3.63, 3.8) is 0 Å². The summed E-state index contributed by atoms with van der Waals surface area (Å²) in [6.07, 6.45) is 1.58. The molecule has 1 amide bonds. The first-order valence-electron chi connectivity index (χ1n) is 8.01. The predicted octanol–water partition coefficient (Wildman–Crippen LogP) is 1.98. The van der Waals surface area contributed by atoms with Gasteiger partial charge in [-0.25, -0.2) is 0 Å².